The predicted octanol–water partition coefficient (Wildman–Crippen LogP) is 2.69. The number of nitrogens with zero attached hydrogens (tertiary/aromatic N) is 5. The minimum atomic E-state index is -3.71. The van der Waals surface area contributed by atoms with Crippen LogP contribution in [-0.4, -0.2) is 38.8 Å². The lowest BCUT2D eigenvalue weighted by atomic mass is 10.1. The lowest BCUT2D eigenvalue weighted by molar-refractivity contribution is 0.403. The van der Waals surface area contributed by atoms with E-state index < -0.39 is 10.0 Å². The van der Waals surface area contributed by atoms with Crippen LogP contribution in [0, 0.1) is 13.8 Å². The third kappa shape index (κ3) is 4.18. The van der Waals surface area contributed by atoms with Gasteiger partial charge in [-0.15, -0.1) is 0 Å². The molecule has 0 spiro atoms. The van der Waals surface area contributed by atoms with E-state index in [9.17, 15) is 8.42 Å². The Balaban J connectivity index is 1.95. The van der Waals surface area contributed by atoms with E-state index in [4.69, 9.17) is 0 Å². The first kappa shape index (κ1) is 20.3. The molecule has 2 heterocycles. The first-order valence-corrected chi connectivity index (χ1v) is 10.8. The van der Waals surface area contributed by atoms with Crippen LogP contribution >= 0.6 is 0 Å². The van der Waals surface area contributed by atoms with Crippen LogP contribution in [0.2, 0.25) is 0 Å². The van der Waals surface area contributed by atoms with E-state index in [1.807, 2.05) is 63.5 Å². The van der Waals surface area contributed by atoms with Crippen molar-refractivity contribution in [2.24, 2.45) is 7.05 Å². The molecule has 0 unspecified atom stereocenters. The summed E-state index contributed by atoms with van der Waals surface area (Å²) < 4.78 is 32.1. The monoisotopic (exact) mass is 401 g/mol. The Bertz CT molecular complexity index is 1040. The molecule has 0 aliphatic carbocycles. The fraction of sp³-hybridized carbons (Fsp3) is 0.400. The number of aromatic nitrogens is 4. The fourth-order valence-corrected chi connectivity index (χ4v) is 5.19. The summed E-state index contributed by atoms with van der Waals surface area (Å²) in [6.45, 7) is 6.75. The molecule has 0 bridgehead atoms. The second kappa shape index (κ2) is 8.28. The minimum Gasteiger partial charge on any atom is -0.276 e. The van der Waals surface area contributed by atoms with Gasteiger partial charge in [-0.25, -0.2) is 8.42 Å². The van der Waals surface area contributed by atoms with Crippen LogP contribution in [0.5, 0.6) is 0 Å². The summed E-state index contributed by atoms with van der Waals surface area (Å²) in [7, 11) is -1.88. The summed E-state index contributed by atoms with van der Waals surface area (Å²) in [6.07, 6.45) is 2.45. The Morgan fingerprint density at radius 1 is 1.07 bits per heavy atom. The number of aryl methyl sites for hydroxylation is 3. The molecule has 0 aliphatic heterocycles. The molecular formula is C20H27N5O2S. The lowest BCUT2D eigenvalue weighted by Crippen LogP contribution is -2.33. The number of sulfonamides is 1. The molecule has 0 radical (unpaired) electrons. The molecule has 28 heavy (non-hydrogen) atoms. The molecule has 3 rings (SSSR count). The van der Waals surface area contributed by atoms with Gasteiger partial charge in [0.15, 0.2) is 0 Å². The van der Waals surface area contributed by atoms with Crippen LogP contribution in [0.15, 0.2) is 47.5 Å². The molecule has 3 aromatic rings. The Labute approximate surface area is 166 Å². The van der Waals surface area contributed by atoms with Gasteiger partial charge in [0.25, 0.3) is 0 Å². The molecule has 150 valence electrons. The van der Waals surface area contributed by atoms with Crippen molar-refractivity contribution in [3.05, 3.63) is 65.2 Å². The highest BCUT2D eigenvalue weighted by Gasteiger charge is 2.31. The summed E-state index contributed by atoms with van der Waals surface area (Å²) in [6, 6.07) is 11.8. The van der Waals surface area contributed by atoms with Crippen LogP contribution in [0.3, 0.4) is 0 Å². The molecule has 0 N–H and O–H groups in total. The van der Waals surface area contributed by atoms with Gasteiger partial charge in [-0.1, -0.05) is 30.3 Å². The smallest absolute Gasteiger partial charge is 0.247 e. The molecule has 0 atom stereocenters. The first-order valence-electron chi connectivity index (χ1n) is 9.39. The van der Waals surface area contributed by atoms with E-state index in [1.54, 1.807) is 16.3 Å². The van der Waals surface area contributed by atoms with Gasteiger partial charge in [0.05, 0.1) is 23.6 Å². The van der Waals surface area contributed by atoms with Gasteiger partial charge in [-0.05, 0) is 38.8 Å². The standard InChI is InChI=1S/C20H27N5O2S/c1-5-25-17(3)20(16(2)21-25)28(26,27)24(15-19-12-13-23(4)22-19)14-11-18-9-7-6-8-10-18/h6-10,12-13H,5,11,14-15H2,1-4H3. The fourth-order valence-electron chi connectivity index (χ4n) is 3.40. The predicted molar refractivity (Wildman–Crippen MR) is 108 cm³/mol. The maximum absolute atomic E-state index is 13.6. The number of hydrogen-bond donors (Lipinski definition) is 0. The van der Waals surface area contributed by atoms with E-state index in [-0.39, 0.29) is 6.54 Å². The summed E-state index contributed by atoms with van der Waals surface area (Å²) in [5.74, 6) is 0. The topological polar surface area (TPSA) is 73.0 Å². The summed E-state index contributed by atoms with van der Waals surface area (Å²) in [4.78, 5) is 0.304. The maximum atomic E-state index is 13.6. The number of hydrogen-bond acceptors (Lipinski definition) is 4. The Morgan fingerprint density at radius 2 is 1.79 bits per heavy atom. The first-order chi connectivity index (χ1) is 13.3. The van der Waals surface area contributed by atoms with Crippen molar-refractivity contribution in [1.82, 2.24) is 23.9 Å². The van der Waals surface area contributed by atoms with E-state index in [1.165, 1.54) is 4.31 Å². The minimum absolute atomic E-state index is 0.228. The van der Waals surface area contributed by atoms with Gasteiger partial charge in [-0.3, -0.25) is 9.36 Å². The zero-order valence-electron chi connectivity index (χ0n) is 16.8. The normalized spacial score (nSPS) is 12.0. The van der Waals surface area contributed by atoms with Crippen LogP contribution < -0.4 is 0 Å². The molecule has 0 saturated heterocycles. The highest BCUT2D eigenvalue weighted by Crippen LogP contribution is 2.25. The summed E-state index contributed by atoms with van der Waals surface area (Å²) in [5, 5.41) is 8.77. The molecule has 0 amide bonds. The zero-order valence-corrected chi connectivity index (χ0v) is 17.6. The second-order valence-electron chi connectivity index (χ2n) is 6.87. The molecule has 2 aromatic heterocycles. The Hall–Kier alpha value is -2.45. The van der Waals surface area contributed by atoms with Crippen molar-refractivity contribution in [2.45, 2.75) is 45.2 Å². The van der Waals surface area contributed by atoms with E-state index >= 15 is 0 Å². The summed E-state index contributed by atoms with van der Waals surface area (Å²) in [5.41, 5.74) is 3.02. The van der Waals surface area contributed by atoms with Crippen molar-refractivity contribution in [2.75, 3.05) is 6.54 Å². The van der Waals surface area contributed by atoms with E-state index in [0.717, 1.165) is 11.3 Å². The van der Waals surface area contributed by atoms with Gasteiger partial charge < -0.3 is 0 Å². The molecule has 0 fully saturated rings. The van der Waals surface area contributed by atoms with E-state index in [0.29, 0.717) is 35.8 Å². The van der Waals surface area contributed by atoms with Crippen molar-refractivity contribution in [3.8, 4) is 0 Å². The number of rotatable bonds is 8. The van der Waals surface area contributed by atoms with Gasteiger partial charge in [0, 0.05) is 26.3 Å². The lowest BCUT2D eigenvalue weighted by Gasteiger charge is -2.22. The number of benzene rings is 1. The Morgan fingerprint density at radius 3 is 2.36 bits per heavy atom. The average Bonchev–Trinajstić information content (AvgIpc) is 3.21. The van der Waals surface area contributed by atoms with Crippen LogP contribution in [0.4, 0.5) is 0 Å². The zero-order chi connectivity index (χ0) is 20.3. The third-order valence-electron chi connectivity index (χ3n) is 4.81. The van der Waals surface area contributed by atoms with Gasteiger partial charge in [0.2, 0.25) is 10.0 Å². The third-order valence-corrected chi connectivity index (χ3v) is 6.91. The maximum Gasteiger partial charge on any atom is 0.247 e. The van der Waals surface area contributed by atoms with Crippen molar-refractivity contribution in [3.63, 3.8) is 0 Å². The van der Waals surface area contributed by atoms with Gasteiger partial charge in [0.1, 0.15) is 4.90 Å². The van der Waals surface area contributed by atoms with Gasteiger partial charge >= 0.3 is 0 Å². The van der Waals surface area contributed by atoms with E-state index in [2.05, 4.69) is 10.2 Å². The van der Waals surface area contributed by atoms with Gasteiger partial charge in [-0.2, -0.15) is 14.5 Å². The van der Waals surface area contributed by atoms with Crippen LogP contribution in [0.1, 0.15) is 29.6 Å². The SMILES string of the molecule is CCn1nc(C)c(S(=O)(=O)N(CCc2ccccc2)Cc2ccn(C)n2)c1C. The van der Waals surface area contributed by atoms with Crippen molar-refractivity contribution in [1.29, 1.82) is 0 Å². The molecule has 1 aromatic carbocycles. The van der Waals surface area contributed by atoms with Crippen LogP contribution in [0.25, 0.3) is 0 Å². The molecule has 0 saturated carbocycles. The molecule has 0 aliphatic rings. The Kier molecular flexibility index (Phi) is 6.00. The molecule has 8 heteroatoms. The van der Waals surface area contributed by atoms with Crippen molar-refractivity contribution >= 4 is 10.0 Å². The highest BCUT2D eigenvalue weighted by atomic mass is 32.2. The largest absolute Gasteiger partial charge is 0.276 e. The second-order valence-corrected chi connectivity index (χ2v) is 8.75. The van der Waals surface area contributed by atoms with Crippen molar-refractivity contribution < 1.29 is 8.42 Å². The van der Waals surface area contributed by atoms with Crippen LogP contribution in [-0.2, 0) is 36.6 Å². The molecule has 7 nitrogen and oxygen atoms in total. The molecular weight excluding hydrogens is 374 g/mol. The average molecular weight is 402 g/mol. The quantitative estimate of drug-likeness (QED) is 0.582. The highest BCUT2D eigenvalue weighted by molar-refractivity contribution is 7.89. The summed E-state index contributed by atoms with van der Waals surface area (Å²) >= 11 is 0.